The number of rotatable bonds is 7. The van der Waals surface area contributed by atoms with Gasteiger partial charge in [0.15, 0.2) is 11.6 Å². The Kier molecular flexibility index (Phi) is 5.67. The van der Waals surface area contributed by atoms with Crippen molar-refractivity contribution in [3.8, 4) is 11.3 Å². The number of nitrogens with zero attached hydrogens (tertiary/aromatic N) is 3. The molecule has 5 rings (SSSR count). The Balaban J connectivity index is 1.52. The standard InChI is InChI=1S/C24H24F3N5O/c25-16-5-3-14(4-6-16)22-24(29-17-7-8-18(26)19(27)11-17)32-10-9-31(12-21(32)30-22)23(15-1-2-15)20(28)13-33/h3-8,11,13,15,20,23,29H,1-2,9-10,12,28H2/t20-,23?/m1/s1. The Bertz CT molecular complexity index is 1180. The number of benzene rings is 2. The SMILES string of the molecule is N[C@H](C=O)C(C1CC1)N1CCn2c(nc(-c3ccc(F)cc3)c2Nc2ccc(F)c(F)c2)C1. The lowest BCUT2D eigenvalue weighted by molar-refractivity contribution is -0.110. The highest BCUT2D eigenvalue weighted by Crippen LogP contribution is 2.39. The number of aldehydes is 1. The Morgan fingerprint density at radius 3 is 2.48 bits per heavy atom. The maximum absolute atomic E-state index is 13.8. The smallest absolute Gasteiger partial charge is 0.160 e. The third-order valence-corrected chi connectivity index (χ3v) is 6.38. The second kappa shape index (κ2) is 8.64. The normalized spacial score (nSPS) is 17.9. The molecular formula is C24H24F3N5O. The zero-order chi connectivity index (χ0) is 23.1. The zero-order valence-electron chi connectivity index (χ0n) is 17.8. The maximum atomic E-state index is 13.8. The van der Waals surface area contributed by atoms with E-state index in [0.717, 1.165) is 37.1 Å². The average Bonchev–Trinajstić information content (AvgIpc) is 3.58. The van der Waals surface area contributed by atoms with Crippen LogP contribution in [-0.2, 0) is 17.9 Å². The van der Waals surface area contributed by atoms with Gasteiger partial charge in [-0.3, -0.25) is 4.90 Å². The molecule has 2 aromatic carbocycles. The molecule has 1 saturated carbocycles. The van der Waals surface area contributed by atoms with Crippen LogP contribution >= 0.6 is 0 Å². The first-order valence-electron chi connectivity index (χ1n) is 11.0. The van der Waals surface area contributed by atoms with Crippen molar-refractivity contribution in [1.29, 1.82) is 0 Å². The number of nitrogens with one attached hydrogen (secondary N) is 1. The molecule has 2 aliphatic rings. The van der Waals surface area contributed by atoms with Crippen LogP contribution in [0.4, 0.5) is 24.7 Å². The van der Waals surface area contributed by atoms with Crippen molar-refractivity contribution in [2.75, 3.05) is 11.9 Å². The van der Waals surface area contributed by atoms with E-state index >= 15 is 0 Å². The molecular weight excluding hydrogens is 431 g/mol. The second-order valence-corrected chi connectivity index (χ2v) is 8.65. The van der Waals surface area contributed by atoms with E-state index in [4.69, 9.17) is 10.7 Å². The predicted molar refractivity (Wildman–Crippen MR) is 118 cm³/mol. The maximum Gasteiger partial charge on any atom is 0.160 e. The van der Waals surface area contributed by atoms with E-state index in [2.05, 4.69) is 10.2 Å². The molecule has 1 aliphatic heterocycles. The molecule has 0 radical (unpaired) electrons. The number of carbonyl (C=O) groups is 1. The highest BCUT2D eigenvalue weighted by atomic mass is 19.2. The lowest BCUT2D eigenvalue weighted by Crippen LogP contribution is -2.52. The minimum atomic E-state index is -0.956. The van der Waals surface area contributed by atoms with Crippen molar-refractivity contribution in [1.82, 2.24) is 14.5 Å². The van der Waals surface area contributed by atoms with Crippen LogP contribution in [0.1, 0.15) is 18.7 Å². The molecule has 2 heterocycles. The van der Waals surface area contributed by atoms with Gasteiger partial charge in [-0.15, -0.1) is 0 Å². The fraction of sp³-hybridized carbons (Fsp3) is 0.333. The average molecular weight is 455 g/mol. The molecule has 0 spiro atoms. The molecule has 0 bridgehead atoms. The molecule has 172 valence electrons. The van der Waals surface area contributed by atoms with Gasteiger partial charge >= 0.3 is 0 Å². The summed E-state index contributed by atoms with van der Waals surface area (Å²) in [6, 6.07) is 8.98. The highest BCUT2D eigenvalue weighted by Gasteiger charge is 2.40. The first-order valence-corrected chi connectivity index (χ1v) is 11.0. The number of halogens is 3. The molecule has 2 atom stereocenters. The van der Waals surface area contributed by atoms with Crippen molar-refractivity contribution >= 4 is 17.8 Å². The summed E-state index contributed by atoms with van der Waals surface area (Å²) < 4.78 is 42.8. The molecule has 9 heteroatoms. The predicted octanol–water partition coefficient (Wildman–Crippen LogP) is 3.83. The van der Waals surface area contributed by atoms with E-state index in [0.29, 0.717) is 48.3 Å². The van der Waals surface area contributed by atoms with E-state index < -0.39 is 17.7 Å². The first-order chi connectivity index (χ1) is 15.9. The number of anilines is 2. The molecule has 1 unspecified atom stereocenters. The van der Waals surface area contributed by atoms with E-state index in [-0.39, 0.29) is 11.9 Å². The molecule has 3 aromatic rings. The lowest BCUT2D eigenvalue weighted by atomic mass is 10.0. The first kappa shape index (κ1) is 21.7. The number of imidazole rings is 1. The highest BCUT2D eigenvalue weighted by molar-refractivity contribution is 5.76. The van der Waals surface area contributed by atoms with Gasteiger partial charge in [0.05, 0.1) is 12.6 Å². The van der Waals surface area contributed by atoms with Gasteiger partial charge in [-0.1, -0.05) is 0 Å². The van der Waals surface area contributed by atoms with Gasteiger partial charge in [-0.05, 0) is 55.2 Å². The summed E-state index contributed by atoms with van der Waals surface area (Å²) in [4.78, 5) is 18.4. The summed E-state index contributed by atoms with van der Waals surface area (Å²) >= 11 is 0. The van der Waals surface area contributed by atoms with Gasteiger partial charge < -0.3 is 20.4 Å². The van der Waals surface area contributed by atoms with Gasteiger partial charge in [-0.2, -0.15) is 0 Å². The Morgan fingerprint density at radius 2 is 1.82 bits per heavy atom. The number of aromatic nitrogens is 2. The van der Waals surface area contributed by atoms with Gasteiger partial charge in [0, 0.05) is 36.4 Å². The van der Waals surface area contributed by atoms with Crippen molar-refractivity contribution in [3.05, 3.63) is 65.7 Å². The minimum Gasteiger partial charge on any atom is -0.340 e. The molecule has 3 N–H and O–H groups in total. The van der Waals surface area contributed by atoms with E-state index in [1.807, 2.05) is 4.57 Å². The largest absolute Gasteiger partial charge is 0.340 e. The van der Waals surface area contributed by atoms with Crippen LogP contribution in [0.5, 0.6) is 0 Å². The topological polar surface area (TPSA) is 76.2 Å². The van der Waals surface area contributed by atoms with Crippen molar-refractivity contribution in [2.24, 2.45) is 11.7 Å². The third kappa shape index (κ3) is 4.26. The molecule has 0 saturated heterocycles. The number of carbonyl (C=O) groups excluding carboxylic acids is 1. The summed E-state index contributed by atoms with van der Waals surface area (Å²) in [6.07, 6.45) is 2.92. The monoisotopic (exact) mass is 455 g/mol. The van der Waals surface area contributed by atoms with Crippen LogP contribution in [0, 0.1) is 23.4 Å². The molecule has 33 heavy (non-hydrogen) atoms. The van der Waals surface area contributed by atoms with Crippen LogP contribution in [-0.4, -0.2) is 39.4 Å². The van der Waals surface area contributed by atoms with Gasteiger partial charge in [-0.25, -0.2) is 18.2 Å². The van der Waals surface area contributed by atoms with E-state index in [1.54, 1.807) is 12.1 Å². The summed E-state index contributed by atoms with van der Waals surface area (Å²) in [5.41, 5.74) is 7.78. The quantitative estimate of drug-likeness (QED) is 0.530. The van der Waals surface area contributed by atoms with Crippen LogP contribution in [0.25, 0.3) is 11.3 Å². The summed E-state index contributed by atoms with van der Waals surface area (Å²) in [5.74, 6) is -0.465. The summed E-state index contributed by atoms with van der Waals surface area (Å²) in [7, 11) is 0. The Hall–Kier alpha value is -3.17. The molecule has 1 fully saturated rings. The number of hydrogen-bond acceptors (Lipinski definition) is 5. The fourth-order valence-corrected chi connectivity index (χ4v) is 4.62. The number of fused-ring (bicyclic) bond motifs is 1. The van der Waals surface area contributed by atoms with Gasteiger partial charge in [0.1, 0.15) is 29.4 Å². The van der Waals surface area contributed by atoms with Gasteiger partial charge in [0.25, 0.3) is 0 Å². The number of nitrogens with two attached hydrogens (primary N) is 1. The summed E-state index contributed by atoms with van der Waals surface area (Å²) in [6.45, 7) is 1.74. The third-order valence-electron chi connectivity index (χ3n) is 6.38. The van der Waals surface area contributed by atoms with E-state index in [1.165, 1.54) is 18.2 Å². The van der Waals surface area contributed by atoms with Crippen molar-refractivity contribution in [2.45, 2.75) is 38.0 Å². The second-order valence-electron chi connectivity index (χ2n) is 8.65. The van der Waals surface area contributed by atoms with Crippen LogP contribution < -0.4 is 11.1 Å². The lowest BCUT2D eigenvalue weighted by Gasteiger charge is -2.37. The van der Waals surface area contributed by atoms with Gasteiger partial charge in [0.2, 0.25) is 0 Å². The molecule has 0 amide bonds. The van der Waals surface area contributed by atoms with Crippen LogP contribution in [0.3, 0.4) is 0 Å². The van der Waals surface area contributed by atoms with Crippen LogP contribution in [0.2, 0.25) is 0 Å². The van der Waals surface area contributed by atoms with Crippen LogP contribution in [0.15, 0.2) is 42.5 Å². The fourth-order valence-electron chi connectivity index (χ4n) is 4.62. The minimum absolute atomic E-state index is 0.0372. The molecule has 1 aliphatic carbocycles. The molecule has 1 aromatic heterocycles. The van der Waals surface area contributed by atoms with E-state index in [9.17, 15) is 18.0 Å². The zero-order valence-corrected chi connectivity index (χ0v) is 17.8. The Labute approximate surface area is 189 Å². The summed E-state index contributed by atoms with van der Waals surface area (Å²) in [5, 5.41) is 3.18. The molecule has 6 nitrogen and oxygen atoms in total. The Morgan fingerprint density at radius 1 is 1.06 bits per heavy atom. The van der Waals surface area contributed by atoms with Crippen molar-refractivity contribution < 1.29 is 18.0 Å². The van der Waals surface area contributed by atoms with Crippen molar-refractivity contribution in [3.63, 3.8) is 0 Å². The number of hydrogen-bond donors (Lipinski definition) is 2.